The number of nitrogens with one attached hydrogen (secondary N) is 1. The fourth-order valence-corrected chi connectivity index (χ4v) is 1.44. The van der Waals surface area contributed by atoms with Crippen LogP contribution in [0.15, 0.2) is 18.3 Å². The summed E-state index contributed by atoms with van der Waals surface area (Å²) in [7, 11) is 3.84. The summed E-state index contributed by atoms with van der Waals surface area (Å²) in [6, 6.07) is 3.53. The van der Waals surface area contributed by atoms with Gasteiger partial charge in [-0.05, 0) is 17.5 Å². The van der Waals surface area contributed by atoms with E-state index in [-0.39, 0.29) is 17.4 Å². The molecule has 1 aromatic rings. The van der Waals surface area contributed by atoms with Gasteiger partial charge in [0.15, 0.2) is 0 Å². The first-order valence-corrected chi connectivity index (χ1v) is 6.39. The van der Waals surface area contributed by atoms with Crippen molar-refractivity contribution < 1.29 is 4.79 Å². The van der Waals surface area contributed by atoms with Gasteiger partial charge in [-0.2, -0.15) is 0 Å². The molecule has 1 amide bonds. The van der Waals surface area contributed by atoms with Gasteiger partial charge in [0.1, 0.15) is 5.82 Å². The van der Waals surface area contributed by atoms with Gasteiger partial charge in [0.2, 0.25) is 5.91 Å². The Morgan fingerprint density at radius 1 is 1.42 bits per heavy atom. The number of nitrogens with two attached hydrogens (primary N) is 1. The van der Waals surface area contributed by atoms with Crippen LogP contribution in [0, 0.1) is 5.41 Å². The highest BCUT2D eigenvalue weighted by atomic mass is 16.1. The van der Waals surface area contributed by atoms with Crippen molar-refractivity contribution >= 4 is 17.4 Å². The van der Waals surface area contributed by atoms with Gasteiger partial charge in [-0.1, -0.05) is 20.8 Å². The fourth-order valence-electron chi connectivity index (χ4n) is 1.44. The molecular weight excluding hydrogens is 240 g/mol. The molecule has 1 aromatic heterocycles. The summed E-state index contributed by atoms with van der Waals surface area (Å²) in [5.41, 5.74) is 6.60. The zero-order chi connectivity index (χ0) is 14.6. The number of hydrogen-bond acceptors (Lipinski definition) is 4. The van der Waals surface area contributed by atoms with Crippen molar-refractivity contribution in [3.63, 3.8) is 0 Å². The minimum atomic E-state index is -0.165. The van der Waals surface area contributed by atoms with Gasteiger partial charge in [-0.15, -0.1) is 0 Å². The lowest BCUT2D eigenvalue weighted by atomic mass is 9.85. The molecular formula is C14H24N4O. The minimum Gasteiger partial charge on any atom is -0.363 e. The van der Waals surface area contributed by atoms with Crippen LogP contribution in [0.4, 0.5) is 11.5 Å². The van der Waals surface area contributed by atoms with Gasteiger partial charge in [0, 0.05) is 26.6 Å². The fraction of sp³-hybridized carbons (Fsp3) is 0.571. The molecule has 5 nitrogen and oxygen atoms in total. The zero-order valence-corrected chi connectivity index (χ0v) is 12.4. The van der Waals surface area contributed by atoms with Gasteiger partial charge in [0.25, 0.3) is 0 Å². The first-order chi connectivity index (χ1) is 8.70. The van der Waals surface area contributed by atoms with E-state index in [1.807, 2.05) is 51.9 Å². The first-order valence-electron chi connectivity index (χ1n) is 6.39. The predicted molar refractivity (Wildman–Crippen MR) is 79.2 cm³/mol. The Kier molecular flexibility index (Phi) is 4.89. The largest absolute Gasteiger partial charge is 0.363 e. The summed E-state index contributed by atoms with van der Waals surface area (Å²) in [5, 5.41) is 2.81. The van der Waals surface area contributed by atoms with Gasteiger partial charge < -0.3 is 16.0 Å². The number of rotatable bonds is 4. The molecule has 0 spiro atoms. The maximum absolute atomic E-state index is 11.9. The third kappa shape index (κ3) is 4.87. The highest BCUT2D eigenvalue weighted by Gasteiger charge is 2.23. The third-order valence-corrected chi connectivity index (χ3v) is 3.01. The molecule has 0 bridgehead atoms. The molecule has 106 valence electrons. The summed E-state index contributed by atoms with van der Waals surface area (Å²) in [4.78, 5) is 18.0. The average molecular weight is 264 g/mol. The van der Waals surface area contributed by atoms with Crippen molar-refractivity contribution in [3.05, 3.63) is 18.3 Å². The molecule has 0 saturated carbocycles. The lowest BCUT2D eigenvalue weighted by Gasteiger charge is -2.26. The van der Waals surface area contributed by atoms with E-state index >= 15 is 0 Å². The Bertz CT molecular complexity index is 420. The normalized spacial score (nSPS) is 12.9. The van der Waals surface area contributed by atoms with E-state index in [1.54, 1.807) is 6.20 Å². The smallest absolute Gasteiger partial charge is 0.225 e. The maximum Gasteiger partial charge on any atom is 0.225 e. The monoisotopic (exact) mass is 264 g/mol. The van der Waals surface area contributed by atoms with Crippen molar-refractivity contribution in [2.45, 2.75) is 33.2 Å². The number of hydrogen-bond donors (Lipinski definition) is 2. The van der Waals surface area contributed by atoms with E-state index in [1.165, 1.54) is 0 Å². The van der Waals surface area contributed by atoms with Gasteiger partial charge in [0.05, 0.1) is 11.9 Å². The van der Waals surface area contributed by atoms with Crippen LogP contribution < -0.4 is 16.0 Å². The Labute approximate surface area is 115 Å². The van der Waals surface area contributed by atoms with Crippen molar-refractivity contribution in [2.24, 2.45) is 11.1 Å². The second-order valence-corrected chi connectivity index (χ2v) is 6.02. The molecule has 0 aromatic carbocycles. The molecule has 5 heteroatoms. The number of carbonyl (C=O) groups is 1. The van der Waals surface area contributed by atoms with E-state index in [9.17, 15) is 4.79 Å². The summed E-state index contributed by atoms with van der Waals surface area (Å²) >= 11 is 0. The molecule has 1 rings (SSSR count). The topological polar surface area (TPSA) is 71.2 Å². The van der Waals surface area contributed by atoms with E-state index in [4.69, 9.17) is 5.73 Å². The predicted octanol–water partition coefficient (Wildman–Crippen LogP) is 1.85. The molecule has 0 radical (unpaired) electrons. The van der Waals surface area contributed by atoms with Crippen LogP contribution in [0.2, 0.25) is 0 Å². The van der Waals surface area contributed by atoms with Crippen LogP contribution in [-0.2, 0) is 4.79 Å². The first kappa shape index (κ1) is 15.4. The second kappa shape index (κ2) is 6.02. The molecule has 0 aliphatic carbocycles. The zero-order valence-electron chi connectivity index (χ0n) is 12.4. The lowest BCUT2D eigenvalue weighted by Crippen LogP contribution is -2.38. The Morgan fingerprint density at radius 3 is 2.47 bits per heavy atom. The molecule has 0 aliphatic heterocycles. The molecule has 1 unspecified atom stereocenters. The minimum absolute atomic E-state index is 0.0790. The van der Waals surface area contributed by atoms with Gasteiger partial charge in [-0.25, -0.2) is 4.98 Å². The molecule has 3 N–H and O–H groups in total. The van der Waals surface area contributed by atoms with E-state index in [0.29, 0.717) is 12.1 Å². The van der Waals surface area contributed by atoms with E-state index in [0.717, 1.165) is 5.82 Å². The van der Waals surface area contributed by atoms with Crippen molar-refractivity contribution in [1.29, 1.82) is 0 Å². The molecule has 0 fully saturated rings. The molecule has 19 heavy (non-hydrogen) atoms. The number of aromatic nitrogens is 1. The Morgan fingerprint density at radius 2 is 2.05 bits per heavy atom. The van der Waals surface area contributed by atoms with Crippen LogP contribution >= 0.6 is 0 Å². The number of carbonyl (C=O) groups excluding carboxylic acids is 1. The molecule has 1 heterocycles. The quantitative estimate of drug-likeness (QED) is 0.870. The number of pyridine rings is 1. The second-order valence-electron chi connectivity index (χ2n) is 6.02. The molecule has 0 saturated heterocycles. The Hall–Kier alpha value is -1.62. The van der Waals surface area contributed by atoms with Crippen LogP contribution in [-0.4, -0.2) is 31.0 Å². The van der Waals surface area contributed by atoms with Crippen molar-refractivity contribution in [1.82, 2.24) is 4.98 Å². The maximum atomic E-state index is 11.9. The molecule has 0 aliphatic rings. The van der Waals surface area contributed by atoms with Crippen LogP contribution in [0.3, 0.4) is 0 Å². The summed E-state index contributed by atoms with van der Waals surface area (Å²) in [6.07, 6.45) is 1.95. The van der Waals surface area contributed by atoms with Gasteiger partial charge in [-0.3, -0.25) is 4.79 Å². The summed E-state index contributed by atoms with van der Waals surface area (Å²) in [5.74, 6) is 0.770. The highest BCUT2D eigenvalue weighted by molar-refractivity contribution is 5.91. The SMILES string of the molecule is CN(C)c1ccc(NC(=O)CC(N)C(C)(C)C)cn1. The van der Waals surface area contributed by atoms with Crippen LogP contribution in [0.5, 0.6) is 0 Å². The standard InChI is InChI=1S/C14H24N4O/c1-14(2,3)11(15)8-13(19)17-10-6-7-12(16-9-10)18(4)5/h6-7,9,11H,8,15H2,1-5H3,(H,17,19). The highest BCUT2D eigenvalue weighted by Crippen LogP contribution is 2.20. The summed E-state index contributed by atoms with van der Waals surface area (Å²) < 4.78 is 0. The average Bonchev–Trinajstić information content (AvgIpc) is 2.28. The van der Waals surface area contributed by atoms with E-state index < -0.39 is 0 Å². The number of amides is 1. The number of nitrogens with zero attached hydrogens (tertiary/aromatic N) is 2. The number of anilines is 2. The summed E-state index contributed by atoms with van der Waals surface area (Å²) in [6.45, 7) is 6.08. The van der Waals surface area contributed by atoms with Crippen LogP contribution in [0.25, 0.3) is 0 Å². The van der Waals surface area contributed by atoms with Crippen molar-refractivity contribution in [2.75, 3.05) is 24.3 Å². The molecule has 1 atom stereocenters. The third-order valence-electron chi connectivity index (χ3n) is 3.01. The lowest BCUT2D eigenvalue weighted by molar-refractivity contribution is -0.117. The Balaban J connectivity index is 2.58. The van der Waals surface area contributed by atoms with E-state index in [2.05, 4.69) is 10.3 Å². The van der Waals surface area contributed by atoms with Crippen molar-refractivity contribution in [3.8, 4) is 0 Å². The van der Waals surface area contributed by atoms with Crippen LogP contribution in [0.1, 0.15) is 27.2 Å². The van der Waals surface area contributed by atoms with Gasteiger partial charge >= 0.3 is 0 Å².